The third kappa shape index (κ3) is 5.36. The molecule has 0 saturated heterocycles. The molecule has 0 atom stereocenters. The average Bonchev–Trinajstić information content (AvgIpc) is 3.17. The van der Waals surface area contributed by atoms with Crippen LogP contribution in [0.3, 0.4) is 0 Å². The predicted octanol–water partition coefficient (Wildman–Crippen LogP) is 4.49. The van der Waals surface area contributed by atoms with Crippen molar-refractivity contribution in [1.29, 1.82) is 0 Å². The highest BCUT2D eigenvalue weighted by Crippen LogP contribution is 2.25. The lowest BCUT2D eigenvalue weighted by molar-refractivity contribution is 0.503. The number of benzene rings is 2. The van der Waals surface area contributed by atoms with Gasteiger partial charge in [-0.2, -0.15) is 0 Å². The normalized spacial score (nSPS) is 11.1. The summed E-state index contributed by atoms with van der Waals surface area (Å²) < 4.78 is 33.5. The molecule has 0 amide bonds. The number of hydrogen-bond donors (Lipinski definition) is 3. The molecule has 0 bridgehead atoms. The van der Waals surface area contributed by atoms with Crippen LogP contribution in [0.15, 0.2) is 64.1 Å². The molecule has 0 aliphatic heterocycles. The third-order valence-electron chi connectivity index (χ3n) is 4.34. The van der Waals surface area contributed by atoms with Crippen molar-refractivity contribution >= 4 is 38.7 Å². The Morgan fingerprint density at radius 3 is 2.28 bits per heavy atom. The first-order valence-corrected chi connectivity index (χ1v) is 10.9. The zero-order valence-corrected chi connectivity index (χ0v) is 18.1. The minimum atomic E-state index is -3.69. The molecule has 152 valence electrons. The smallest absolute Gasteiger partial charge is 0.261 e. The Morgan fingerprint density at radius 2 is 1.69 bits per heavy atom. The van der Waals surface area contributed by atoms with Gasteiger partial charge >= 0.3 is 0 Å². The number of anilines is 2. The summed E-state index contributed by atoms with van der Waals surface area (Å²) in [5, 5.41) is 6.46. The van der Waals surface area contributed by atoms with Crippen molar-refractivity contribution in [3.05, 3.63) is 77.2 Å². The molecule has 0 spiro atoms. The van der Waals surface area contributed by atoms with E-state index >= 15 is 0 Å². The van der Waals surface area contributed by atoms with Crippen molar-refractivity contribution in [2.75, 3.05) is 10.0 Å². The van der Waals surface area contributed by atoms with Gasteiger partial charge in [0, 0.05) is 5.69 Å². The lowest BCUT2D eigenvalue weighted by atomic mass is 10.1. The van der Waals surface area contributed by atoms with Crippen molar-refractivity contribution < 1.29 is 12.8 Å². The maximum absolute atomic E-state index is 12.8. The number of furan rings is 1. The van der Waals surface area contributed by atoms with Crippen LogP contribution in [0, 0.1) is 20.8 Å². The molecule has 0 radical (unpaired) electrons. The molecule has 0 saturated carbocycles. The Labute approximate surface area is 176 Å². The molecule has 3 aromatic rings. The molecular formula is C21H23N3O3S2. The first-order valence-electron chi connectivity index (χ1n) is 9.02. The predicted molar refractivity (Wildman–Crippen MR) is 120 cm³/mol. The molecule has 2 aromatic carbocycles. The van der Waals surface area contributed by atoms with E-state index in [1.165, 1.54) is 0 Å². The number of sulfonamides is 1. The molecule has 0 unspecified atom stereocenters. The fraction of sp³-hybridized carbons (Fsp3) is 0.190. The highest BCUT2D eigenvalue weighted by Gasteiger charge is 2.17. The van der Waals surface area contributed by atoms with Gasteiger partial charge in [-0.3, -0.25) is 4.72 Å². The van der Waals surface area contributed by atoms with Crippen molar-refractivity contribution in [2.45, 2.75) is 32.2 Å². The van der Waals surface area contributed by atoms with Crippen molar-refractivity contribution in [3.8, 4) is 0 Å². The largest absolute Gasteiger partial charge is 0.467 e. The van der Waals surface area contributed by atoms with Gasteiger partial charge in [-0.1, -0.05) is 17.7 Å². The van der Waals surface area contributed by atoms with E-state index < -0.39 is 10.0 Å². The van der Waals surface area contributed by atoms with Crippen molar-refractivity contribution in [2.24, 2.45) is 0 Å². The van der Waals surface area contributed by atoms with E-state index in [2.05, 4.69) is 15.4 Å². The molecule has 0 fully saturated rings. The second-order valence-corrected chi connectivity index (χ2v) is 8.88. The number of nitrogens with one attached hydrogen (secondary N) is 3. The number of hydrogen-bond acceptors (Lipinski definition) is 4. The monoisotopic (exact) mass is 429 g/mol. The standard InChI is InChI=1S/C21H23N3O3S2/c1-14-11-15(2)20(16(3)12-14)24-29(25,26)19-8-6-17(7-9-19)23-21(28)22-13-18-5-4-10-27-18/h4-12,24H,13H2,1-3H3,(H2,22,23,28). The van der Waals surface area contributed by atoms with E-state index in [1.54, 1.807) is 36.6 Å². The van der Waals surface area contributed by atoms with Crippen LogP contribution < -0.4 is 15.4 Å². The van der Waals surface area contributed by atoms with E-state index in [9.17, 15) is 8.42 Å². The SMILES string of the molecule is Cc1cc(C)c(NS(=O)(=O)c2ccc(NC(=S)NCc3ccco3)cc2)c(C)c1. The van der Waals surface area contributed by atoms with Gasteiger partial charge in [0.2, 0.25) is 0 Å². The van der Waals surface area contributed by atoms with Gasteiger partial charge in [-0.05, 0) is 80.5 Å². The molecule has 1 aromatic heterocycles. The molecular weight excluding hydrogens is 406 g/mol. The fourth-order valence-corrected chi connectivity index (χ4v) is 4.40. The van der Waals surface area contributed by atoms with Crippen LogP contribution in [0.1, 0.15) is 22.5 Å². The quantitative estimate of drug-likeness (QED) is 0.501. The van der Waals surface area contributed by atoms with Crippen molar-refractivity contribution in [1.82, 2.24) is 5.32 Å². The molecule has 1 heterocycles. The first-order chi connectivity index (χ1) is 13.7. The van der Waals surface area contributed by atoms with Gasteiger partial charge in [-0.25, -0.2) is 8.42 Å². The second-order valence-electron chi connectivity index (χ2n) is 6.79. The molecule has 8 heteroatoms. The fourth-order valence-electron chi connectivity index (χ4n) is 3.01. The highest BCUT2D eigenvalue weighted by atomic mass is 32.2. The Bertz CT molecular complexity index is 1080. The minimum Gasteiger partial charge on any atom is -0.467 e. The molecule has 3 N–H and O–H groups in total. The van der Waals surface area contributed by atoms with E-state index in [0.29, 0.717) is 23.0 Å². The van der Waals surface area contributed by atoms with Gasteiger partial charge in [0.05, 0.1) is 23.4 Å². The summed E-state index contributed by atoms with van der Waals surface area (Å²) in [5.41, 5.74) is 4.16. The Kier molecular flexibility index (Phi) is 6.24. The third-order valence-corrected chi connectivity index (χ3v) is 5.95. The van der Waals surface area contributed by atoms with Crippen LogP contribution >= 0.6 is 12.2 Å². The summed E-state index contributed by atoms with van der Waals surface area (Å²) in [4.78, 5) is 0.178. The number of rotatable bonds is 6. The van der Waals surface area contributed by atoms with Gasteiger partial charge in [0.15, 0.2) is 5.11 Å². The molecule has 3 rings (SSSR count). The average molecular weight is 430 g/mol. The van der Waals surface area contributed by atoms with Gasteiger partial charge in [-0.15, -0.1) is 0 Å². The highest BCUT2D eigenvalue weighted by molar-refractivity contribution is 7.92. The number of thiocarbonyl (C=S) groups is 1. The van der Waals surface area contributed by atoms with Gasteiger partial charge in [0.1, 0.15) is 5.76 Å². The van der Waals surface area contributed by atoms with Gasteiger partial charge in [0.25, 0.3) is 10.0 Å². The maximum Gasteiger partial charge on any atom is 0.261 e. The van der Waals surface area contributed by atoms with Crippen LogP contribution in [0.2, 0.25) is 0 Å². The zero-order chi connectivity index (χ0) is 21.0. The molecule has 0 aliphatic rings. The van der Waals surface area contributed by atoms with E-state index in [-0.39, 0.29) is 4.90 Å². The Balaban J connectivity index is 1.66. The Hall–Kier alpha value is -2.84. The van der Waals surface area contributed by atoms with E-state index in [4.69, 9.17) is 16.6 Å². The van der Waals surface area contributed by atoms with Crippen molar-refractivity contribution in [3.63, 3.8) is 0 Å². The van der Waals surface area contributed by atoms with Crippen LogP contribution in [0.5, 0.6) is 0 Å². The Morgan fingerprint density at radius 1 is 1.03 bits per heavy atom. The van der Waals surface area contributed by atoms with Crippen LogP contribution in [0.25, 0.3) is 0 Å². The lowest BCUT2D eigenvalue weighted by Gasteiger charge is -2.15. The molecule has 0 aliphatic carbocycles. The minimum absolute atomic E-state index is 0.178. The lowest BCUT2D eigenvalue weighted by Crippen LogP contribution is -2.27. The summed E-state index contributed by atoms with van der Waals surface area (Å²) in [6.07, 6.45) is 1.60. The first kappa shape index (κ1) is 20.9. The summed E-state index contributed by atoms with van der Waals surface area (Å²) in [6, 6.07) is 14.0. The summed E-state index contributed by atoms with van der Waals surface area (Å²) in [5.74, 6) is 0.767. The van der Waals surface area contributed by atoms with E-state index in [0.717, 1.165) is 22.5 Å². The van der Waals surface area contributed by atoms with Crippen LogP contribution in [-0.2, 0) is 16.6 Å². The van der Waals surface area contributed by atoms with Crippen LogP contribution in [-0.4, -0.2) is 13.5 Å². The number of aryl methyl sites for hydroxylation is 3. The topological polar surface area (TPSA) is 83.4 Å². The van der Waals surface area contributed by atoms with Gasteiger partial charge < -0.3 is 15.1 Å². The zero-order valence-electron chi connectivity index (χ0n) is 16.4. The second kappa shape index (κ2) is 8.67. The molecule has 6 nitrogen and oxygen atoms in total. The summed E-state index contributed by atoms with van der Waals surface area (Å²) in [7, 11) is -3.69. The maximum atomic E-state index is 12.8. The van der Waals surface area contributed by atoms with Crippen LogP contribution in [0.4, 0.5) is 11.4 Å². The molecule has 29 heavy (non-hydrogen) atoms. The summed E-state index contributed by atoms with van der Waals surface area (Å²) >= 11 is 5.25. The summed E-state index contributed by atoms with van der Waals surface area (Å²) in [6.45, 7) is 6.23. The van der Waals surface area contributed by atoms with E-state index in [1.807, 2.05) is 39.0 Å².